The van der Waals surface area contributed by atoms with Gasteiger partial charge in [0.1, 0.15) is 0 Å². The van der Waals surface area contributed by atoms with Crippen molar-refractivity contribution in [1.82, 2.24) is 5.32 Å². The third kappa shape index (κ3) is 4.59. The molecule has 2 amide bonds. The van der Waals surface area contributed by atoms with E-state index in [1.165, 1.54) is 0 Å². The molecule has 4 nitrogen and oxygen atoms in total. The number of hydrogen-bond donors (Lipinski definition) is 1. The van der Waals surface area contributed by atoms with Crippen molar-refractivity contribution in [3.05, 3.63) is 59.1 Å². The lowest BCUT2D eigenvalue weighted by Crippen LogP contribution is -2.34. The fraction of sp³-hybridized carbons (Fsp3) is 0.300. The van der Waals surface area contributed by atoms with Gasteiger partial charge in [-0.3, -0.25) is 9.59 Å². The molecule has 26 heavy (non-hydrogen) atoms. The third-order valence-corrected chi connectivity index (χ3v) is 5.46. The number of halogens is 1. The Kier molecular flexibility index (Phi) is 6.22. The van der Waals surface area contributed by atoms with Crippen LogP contribution in [0, 0.1) is 5.92 Å². The third-order valence-electron chi connectivity index (χ3n) is 4.49. The van der Waals surface area contributed by atoms with Crippen LogP contribution >= 0.6 is 23.4 Å². The molecule has 1 heterocycles. The van der Waals surface area contributed by atoms with Crippen molar-refractivity contribution in [3.63, 3.8) is 0 Å². The molecule has 1 unspecified atom stereocenters. The maximum Gasteiger partial charge on any atom is 0.227 e. The van der Waals surface area contributed by atoms with Crippen molar-refractivity contribution in [3.8, 4) is 0 Å². The molecule has 1 aliphatic heterocycles. The topological polar surface area (TPSA) is 49.4 Å². The average molecular weight is 389 g/mol. The first-order valence-corrected chi connectivity index (χ1v) is 10.1. The van der Waals surface area contributed by atoms with Crippen molar-refractivity contribution in [2.45, 2.75) is 17.7 Å². The normalized spacial score (nSPS) is 16.8. The van der Waals surface area contributed by atoms with E-state index in [1.807, 2.05) is 54.8 Å². The average Bonchev–Trinajstić information content (AvgIpc) is 3.05. The van der Waals surface area contributed by atoms with Gasteiger partial charge < -0.3 is 10.2 Å². The molecule has 1 aliphatic rings. The summed E-state index contributed by atoms with van der Waals surface area (Å²) in [4.78, 5) is 27.6. The Morgan fingerprint density at radius 1 is 1.27 bits per heavy atom. The van der Waals surface area contributed by atoms with Crippen LogP contribution in [0.4, 0.5) is 5.69 Å². The molecule has 2 aromatic carbocycles. The van der Waals surface area contributed by atoms with E-state index in [4.69, 9.17) is 11.6 Å². The van der Waals surface area contributed by atoms with E-state index >= 15 is 0 Å². The lowest BCUT2D eigenvalue weighted by molar-refractivity contribution is -0.126. The SMILES string of the molecule is CSc1cccc(N2CC(C(=O)NCCc3ccc(Cl)cc3)CC2=O)c1. The second-order valence-corrected chi connectivity index (χ2v) is 7.59. The van der Waals surface area contributed by atoms with E-state index in [0.29, 0.717) is 18.1 Å². The number of carbonyl (C=O) groups excluding carboxylic acids is 2. The number of rotatable bonds is 6. The summed E-state index contributed by atoms with van der Waals surface area (Å²) in [6.45, 7) is 0.983. The number of hydrogen-bond acceptors (Lipinski definition) is 3. The number of nitrogens with one attached hydrogen (secondary N) is 1. The van der Waals surface area contributed by atoms with E-state index in [2.05, 4.69) is 5.32 Å². The fourth-order valence-corrected chi connectivity index (χ4v) is 3.62. The summed E-state index contributed by atoms with van der Waals surface area (Å²) >= 11 is 7.51. The van der Waals surface area contributed by atoms with Gasteiger partial charge in [-0.15, -0.1) is 11.8 Å². The molecule has 6 heteroatoms. The maximum atomic E-state index is 12.4. The highest BCUT2D eigenvalue weighted by atomic mass is 35.5. The van der Waals surface area contributed by atoms with Crippen LogP contribution in [-0.2, 0) is 16.0 Å². The summed E-state index contributed by atoms with van der Waals surface area (Å²) in [5.74, 6) is -0.359. The molecular weight excluding hydrogens is 368 g/mol. The van der Waals surface area contributed by atoms with Gasteiger partial charge in [0.05, 0.1) is 5.92 Å². The standard InChI is InChI=1S/C20H21ClN2O2S/c1-26-18-4-2-3-17(12-18)23-13-15(11-19(23)24)20(25)22-10-9-14-5-7-16(21)8-6-14/h2-8,12,15H,9-11,13H2,1H3,(H,22,25). The Morgan fingerprint density at radius 3 is 2.77 bits per heavy atom. The molecule has 0 aliphatic carbocycles. The quantitative estimate of drug-likeness (QED) is 0.766. The van der Waals surface area contributed by atoms with Crippen LogP contribution in [0.25, 0.3) is 0 Å². The summed E-state index contributed by atoms with van der Waals surface area (Å²) in [6, 6.07) is 15.4. The Morgan fingerprint density at radius 2 is 2.04 bits per heavy atom. The van der Waals surface area contributed by atoms with E-state index in [1.54, 1.807) is 16.7 Å². The molecule has 0 aromatic heterocycles. The largest absolute Gasteiger partial charge is 0.355 e. The minimum atomic E-state index is -0.300. The lowest BCUT2D eigenvalue weighted by atomic mass is 10.1. The highest BCUT2D eigenvalue weighted by Gasteiger charge is 2.34. The van der Waals surface area contributed by atoms with Crippen molar-refractivity contribution in [2.24, 2.45) is 5.92 Å². The first-order chi connectivity index (χ1) is 12.6. The van der Waals surface area contributed by atoms with Gasteiger partial charge in [0, 0.05) is 35.1 Å². The zero-order valence-electron chi connectivity index (χ0n) is 14.6. The van der Waals surface area contributed by atoms with Crippen LogP contribution in [0.1, 0.15) is 12.0 Å². The summed E-state index contributed by atoms with van der Waals surface area (Å²) in [6.07, 6.45) is 3.00. The minimum absolute atomic E-state index is 0.00102. The number of nitrogens with zero attached hydrogens (tertiary/aromatic N) is 1. The molecule has 0 saturated carbocycles. The molecule has 1 saturated heterocycles. The molecule has 0 bridgehead atoms. The lowest BCUT2D eigenvalue weighted by Gasteiger charge is -2.17. The number of carbonyl (C=O) groups is 2. The number of thioether (sulfide) groups is 1. The number of benzene rings is 2. The van der Waals surface area contributed by atoms with Gasteiger partial charge in [0.15, 0.2) is 0 Å². The van der Waals surface area contributed by atoms with Crippen LogP contribution in [-0.4, -0.2) is 31.2 Å². The smallest absolute Gasteiger partial charge is 0.227 e. The second-order valence-electron chi connectivity index (χ2n) is 6.27. The van der Waals surface area contributed by atoms with Gasteiger partial charge in [-0.05, 0) is 48.6 Å². The van der Waals surface area contributed by atoms with Gasteiger partial charge in [-0.2, -0.15) is 0 Å². The van der Waals surface area contributed by atoms with E-state index in [-0.39, 0.29) is 24.2 Å². The summed E-state index contributed by atoms with van der Waals surface area (Å²) in [5, 5.41) is 3.65. The van der Waals surface area contributed by atoms with Crippen molar-refractivity contribution < 1.29 is 9.59 Å². The van der Waals surface area contributed by atoms with Crippen LogP contribution in [0.15, 0.2) is 53.4 Å². The highest BCUT2D eigenvalue weighted by molar-refractivity contribution is 7.98. The number of amides is 2. The Labute approximate surface area is 162 Å². The first kappa shape index (κ1) is 18.8. The van der Waals surface area contributed by atoms with Gasteiger partial charge in [0.2, 0.25) is 11.8 Å². The molecule has 1 fully saturated rings. The van der Waals surface area contributed by atoms with E-state index in [0.717, 1.165) is 22.6 Å². The van der Waals surface area contributed by atoms with Crippen LogP contribution in [0.5, 0.6) is 0 Å². The van der Waals surface area contributed by atoms with Gasteiger partial charge >= 0.3 is 0 Å². The zero-order valence-corrected chi connectivity index (χ0v) is 16.1. The molecule has 0 spiro atoms. The Balaban J connectivity index is 1.54. The molecular formula is C20H21ClN2O2S. The molecule has 136 valence electrons. The number of anilines is 1. The van der Waals surface area contributed by atoms with Crippen LogP contribution < -0.4 is 10.2 Å². The Hall–Kier alpha value is -1.98. The van der Waals surface area contributed by atoms with Crippen molar-refractivity contribution >= 4 is 40.9 Å². The van der Waals surface area contributed by atoms with E-state index in [9.17, 15) is 9.59 Å². The molecule has 2 aromatic rings. The van der Waals surface area contributed by atoms with Crippen LogP contribution in [0.2, 0.25) is 5.02 Å². The second kappa shape index (κ2) is 8.60. The summed E-state index contributed by atoms with van der Waals surface area (Å²) < 4.78 is 0. The van der Waals surface area contributed by atoms with Crippen molar-refractivity contribution in [2.75, 3.05) is 24.2 Å². The van der Waals surface area contributed by atoms with Gasteiger partial charge in [-0.25, -0.2) is 0 Å². The monoisotopic (exact) mass is 388 g/mol. The summed E-state index contributed by atoms with van der Waals surface area (Å²) in [7, 11) is 0. The zero-order chi connectivity index (χ0) is 18.5. The predicted molar refractivity (Wildman–Crippen MR) is 107 cm³/mol. The minimum Gasteiger partial charge on any atom is -0.355 e. The van der Waals surface area contributed by atoms with E-state index < -0.39 is 0 Å². The maximum absolute atomic E-state index is 12.4. The van der Waals surface area contributed by atoms with Crippen LogP contribution in [0.3, 0.4) is 0 Å². The van der Waals surface area contributed by atoms with Gasteiger partial charge in [0.25, 0.3) is 0 Å². The molecule has 1 atom stereocenters. The highest BCUT2D eigenvalue weighted by Crippen LogP contribution is 2.28. The molecule has 1 N–H and O–H groups in total. The van der Waals surface area contributed by atoms with Gasteiger partial charge in [-0.1, -0.05) is 29.8 Å². The Bertz CT molecular complexity index is 795. The molecule has 3 rings (SSSR count). The van der Waals surface area contributed by atoms with Crippen molar-refractivity contribution in [1.29, 1.82) is 0 Å². The first-order valence-electron chi connectivity index (χ1n) is 8.53. The predicted octanol–water partition coefficient (Wildman–Crippen LogP) is 3.77. The fourth-order valence-electron chi connectivity index (χ4n) is 3.04. The molecule has 0 radical (unpaired) electrons. The summed E-state index contributed by atoms with van der Waals surface area (Å²) in [5.41, 5.74) is 1.98.